The number of carbonyl (C=O) groups excluding carboxylic acids is 3. The Labute approximate surface area is 363 Å². The van der Waals surface area contributed by atoms with Crippen LogP contribution in [0.2, 0.25) is 10.0 Å². The molecule has 0 bridgehead atoms. The molecule has 3 N–H and O–H groups in total. The number of carboxylic acid groups (broad SMARTS) is 1. The van der Waals surface area contributed by atoms with E-state index in [9.17, 15) is 24.3 Å². The predicted molar refractivity (Wildman–Crippen MR) is 230 cm³/mol. The fourth-order valence-corrected chi connectivity index (χ4v) is 8.59. The average Bonchev–Trinajstić information content (AvgIpc) is 3.28. The third kappa shape index (κ3) is 9.36. The second-order valence-corrected chi connectivity index (χ2v) is 16.5. The van der Waals surface area contributed by atoms with Crippen molar-refractivity contribution in [3.63, 3.8) is 0 Å². The van der Waals surface area contributed by atoms with Crippen molar-refractivity contribution in [3.8, 4) is 28.7 Å². The molecule has 3 aliphatic rings. The van der Waals surface area contributed by atoms with Gasteiger partial charge in [-0.05, 0) is 94.8 Å². The van der Waals surface area contributed by atoms with Crippen molar-refractivity contribution in [2.24, 2.45) is 5.92 Å². The zero-order valence-electron chi connectivity index (χ0n) is 33.0. The lowest BCUT2D eigenvalue weighted by molar-refractivity contribution is -0.147. The molecule has 2 heterocycles. The van der Waals surface area contributed by atoms with Gasteiger partial charge >= 0.3 is 5.97 Å². The van der Waals surface area contributed by atoms with Gasteiger partial charge in [-0.15, -0.1) is 0 Å². The molecule has 1 fully saturated rings. The first kappa shape index (κ1) is 41.4. The van der Waals surface area contributed by atoms with Crippen LogP contribution in [0.5, 0.6) is 11.5 Å². The Kier molecular flexibility index (Phi) is 12.3. The molecule has 8 rings (SSSR count). The third-order valence-corrected chi connectivity index (χ3v) is 12.4. The molecule has 61 heavy (non-hydrogen) atoms. The molecule has 0 saturated heterocycles. The van der Waals surface area contributed by atoms with E-state index in [2.05, 4.69) is 16.7 Å². The van der Waals surface area contributed by atoms with Gasteiger partial charge in [-0.3, -0.25) is 14.4 Å². The first-order chi connectivity index (χ1) is 29.5. The Morgan fingerprint density at radius 3 is 2.23 bits per heavy atom. The van der Waals surface area contributed by atoms with Gasteiger partial charge in [-0.1, -0.05) is 97.1 Å². The molecule has 2 aliphatic heterocycles. The summed E-state index contributed by atoms with van der Waals surface area (Å²) in [7, 11) is 0. The molecular weight excluding hydrogens is 815 g/mol. The minimum Gasteiger partial charge on any atom is -0.489 e. The first-order valence-corrected chi connectivity index (χ1v) is 21.0. The van der Waals surface area contributed by atoms with Crippen molar-refractivity contribution in [3.05, 3.63) is 147 Å². The molecule has 5 aromatic carbocycles. The van der Waals surface area contributed by atoms with Crippen LogP contribution in [0.15, 0.2) is 103 Å². The van der Waals surface area contributed by atoms with Gasteiger partial charge in [0.25, 0.3) is 5.91 Å². The van der Waals surface area contributed by atoms with Gasteiger partial charge < -0.3 is 30.1 Å². The van der Waals surface area contributed by atoms with Crippen molar-refractivity contribution in [1.82, 2.24) is 10.2 Å². The highest BCUT2D eigenvalue weighted by Crippen LogP contribution is 2.40. The number of amides is 3. The summed E-state index contributed by atoms with van der Waals surface area (Å²) in [5.41, 5.74) is 6.52. The lowest BCUT2D eigenvalue weighted by atomic mass is 9.85. The molecule has 11 nitrogen and oxygen atoms in total. The fraction of sp³-hybridized carbons (Fsp3) is 0.271. The van der Waals surface area contributed by atoms with E-state index in [1.165, 1.54) is 0 Å². The summed E-state index contributed by atoms with van der Waals surface area (Å²) in [6.45, 7) is 0.396. The molecule has 0 aromatic heterocycles. The van der Waals surface area contributed by atoms with Crippen LogP contribution >= 0.6 is 23.2 Å². The van der Waals surface area contributed by atoms with E-state index in [1.807, 2.05) is 48.5 Å². The molecule has 13 heteroatoms. The number of halogens is 2. The monoisotopic (exact) mass is 856 g/mol. The van der Waals surface area contributed by atoms with Crippen molar-refractivity contribution >= 4 is 52.6 Å². The Morgan fingerprint density at radius 2 is 1.56 bits per heavy atom. The van der Waals surface area contributed by atoms with E-state index >= 15 is 0 Å². The second-order valence-electron chi connectivity index (χ2n) is 15.7. The number of carboxylic acids is 1. The van der Waals surface area contributed by atoms with E-state index in [0.29, 0.717) is 43.9 Å². The van der Waals surface area contributed by atoms with Crippen LogP contribution in [-0.4, -0.2) is 45.8 Å². The molecule has 310 valence electrons. The maximum absolute atomic E-state index is 14.2. The van der Waals surface area contributed by atoms with Gasteiger partial charge in [0.05, 0.1) is 27.4 Å². The first-order valence-electron chi connectivity index (χ1n) is 20.3. The average molecular weight is 858 g/mol. The normalized spacial score (nSPS) is 17.7. The number of aliphatic carboxylic acids is 1. The largest absolute Gasteiger partial charge is 0.489 e. The van der Waals surface area contributed by atoms with Crippen LogP contribution in [0.4, 0.5) is 5.69 Å². The maximum atomic E-state index is 14.2. The molecule has 3 atom stereocenters. The highest BCUT2D eigenvalue weighted by atomic mass is 35.5. The molecule has 0 spiro atoms. The van der Waals surface area contributed by atoms with Crippen LogP contribution in [0.25, 0.3) is 11.1 Å². The summed E-state index contributed by atoms with van der Waals surface area (Å²) in [6.07, 6.45) is 3.57. The van der Waals surface area contributed by atoms with Crippen molar-refractivity contribution in [2.45, 2.75) is 76.3 Å². The molecule has 1 aliphatic carbocycles. The molecule has 3 amide bonds. The van der Waals surface area contributed by atoms with Gasteiger partial charge in [0.15, 0.2) is 0 Å². The van der Waals surface area contributed by atoms with E-state index in [1.54, 1.807) is 59.5 Å². The van der Waals surface area contributed by atoms with Gasteiger partial charge in [-0.2, -0.15) is 5.26 Å². The molecule has 5 aromatic rings. The number of hydrogen-bond donors (Lipinski definition) is 3. The number of ether oxygens (including phenoxy) is 2. The van der Waals surface area contributed by atoms with Crippen LogP contribution in [0, 0.1) is 17.2 Å². The number of nitrogens with one attached hydrogen (secondary N) is 2. The highest BCUT2D eigenvalue weighted by Gasteiger charge is 2.40. The third-order valence-electron chi connectivity index (χ3n) is 11.6. The number of nitrogens with zero attached hydrogens (tertiary/aromatic N) is 2. The molecule has 0 radical (unpaired) electrons. The predicted octanol–water partition coefficient (Wildman–Crippen LogP) is 8.83. The summed E-state index contributed by atoms with van der Waals surface area (Å²) in [6, 6.07) is 30.4. The Morgan fingerprint density at radius 1 is 0.869 bits per heavy atom. The van der Waals surface area contributed by atoms with Crippen molar-refractivity contribution in [1.29, 1.82) is 5.26 Å². The number of anilines is 1. The van der Waals surface area contributed by atoms with Gasteiger partial charge in [0.2, 0.25) is 17.9 Å². The molecule has 2 unspecified atom stereocenters. The van der Waals surface area contributed by atoms with E-state index < -0.39 is 30.1 Å². The van der Waals surface area contributed by atoms with Crippen molar-refractivity contribution < 1.29 is 33.8 Å². The van der Waals surface area contributed by atoms with E-state index in [0.717, 1.165) is 59.9 Å². The number of hydrogen-bond acceptors (Lipinski definition) is 7. The summed E-state index contributed by atoms with van der Waals surface area (Å²) in [5, 5.41) is 26.0. The standard InChI is InChI=1S/C48H42Cl2N4O7/c49-38-19-10-30(20-39(38)50)27-60-37-17-15-33(16-18-37)44-46(56)52-40-22-35-23-42(54(26-36(35)24-43(40)61-44)47(57)34-4-2-1-3-5-34)45(55)53-41(48(58)59)21-28-6-11-31(12-7-28)32-13-8-29(25-51)9-14-32/h6-20,22,24,34,41-42,44H,1-5,21,23,26-27H2,(H,52,56)(H,53,55)(H,58,59)/t41-,42?,44?/m0/s1. The van der Waals surface area contributed by atoms with Crippen LogP contribution < -0.4 is 20.1 Å². The van der Waals surface area contributed by atoms with Crippen LogP contribution in [0.1, 0.15) is 71.6 Å². The molecular formula is C48H42Cl2N4O7. The lowest BCUT2D eigenvalue weighted by Gasteiger charge is -2.39. The van der Waals surface area contributed by atoms with Gasteiger partial charge in [0, 0.05) is 30.9 Å². The zero-order chi connectivity index (χ0) is 42.6. The number of rotatable bonds is 11. The zero-order valence-corrected chi connectivity index (χ0v) is 34.5. The fourth-order valence-electron chi connectivity index (χ4n) is 8.27. The summed E-state index contributed by atoms with van der Waals surface area (Å²) in [5.74, 6) is -1.45. The van der Waals surface area contributed by atoms with Gasteiger partial charge in [0.1, 0.15) is 30.2 Å². The minimum atomic E-state index is -1.25. The SMILES string of the molecule is N#Cc1ccc(-c2ccc(C[C@H](NC(=O)C3Cc4cc5c(cc4CN3C(=O)C3CCCCC3)OC(c3ccc(OCc4ccc(Cl)c(Cl)c4)cc3)C(=O)N5)C(=O)O)cc2)cc1. The minimum absolute atomic E-state index is 0.0289. The van der Waals surface area contributed by atoms with Gasteiger partial charge in [-0.25, -0.2) is 4.79 Å². The summed E-state index contributed by atoms with van der Waals surface area (Å²) in [4.78, 5) is 56.1. The number of carbonyl (C=O) groups is 4. The lowest BCUT2D eigenvalue weighted by Crippen LogP contribution is -2.57. The highest BCUT2D eigenvalue weighted by molar-refractivity contribution is 6.42. The number of fused-ring (bicyclic) bond motifs is 2. The Hall–Kier alpha value is -6.35. The topological polar surface area (TPSA) is 158 Å². The Bertz CT molecular complexity index is 2520. The molecule has 1 saturated carbocycles. The van der Waals surface area contributed by atoms with Crippen LogP contribution in [0.3, 0.4) is 0 Å². The number of benzene rings is 5. The number of nitriles is 1. The van der Waals surface area contributed by atoms with E-state index in [-0.39, 0.29) is 43.7 Å². The smallest absolute Gasteiger partial charge is 0.326 e. The van der Waals surface area contributed by atoms with Crippen LogP contribution in [-0.2, 0) is 45.2 Å². The second kappa shape index (κ2) is 18.1. The summed E-state index contributed by atoms with van der Waals surface area (Å²) < 4.78 is 12.2. The maximum Gasteiger partial charge on any atom is 0.326 e. The Balaban J connectivity index is 0.981. The quantitative estimate of drug-likeness (QED) is 0.119. The summed E-state index contributed by atoms with van der Waals surface area (Å²) >= 11 is 12.2. The van der Waals surface area contributed by atoms with Crippen molar-refractivity contribution in [2.75, 3.05) is 5.32 Å². The van der Waals surface area contributed by atoms with E-state index in [4.69, 9.17) is 37.9 Å².